The van der Waals surface area contributed by atoms with Gasteiger partial charge in [0.15, 0.2) is 0 Å². The number of carbonyl (C=O) groups is 1. The molecule has 18 heavy (non-hydrogen) atoms. The summed E-state index contributed by atoms with van der Waals surface area (Å²) in [5, 5.41) is 21.2. The third-order valence-electron chi connectivity index (χ3n) is 2.59. The lowest BCUT2D eigenvalue weighted by Crippen LogP contribution is -2.16. The summed E-state index contributed by atoms with van der Waals surface area (Å²) in [4.78, 5) is 10.8. The Morgan fingerprint density at radius 1 is 1.50 bits per heavy atom. The maximum Gasteiger partial charge on any atom is 0.335 e. The zero-order valence-corrected chi connectivity index (χ0v) is 11.9. The highest BCUT2D eigenvalue weighted by atomic mass is 79.9. The van der Waals surface area contributed by atoms with Gasteiger partial charge in [0.1, 0.15) is 0 Å². The maximum absolute atomic E-state index is 10.8. The van der Waals surface area contributed by atoms with E-state index < -0.39 is 5.97 Å². The van der Waals surface area contributed by atoms with Crippen LogP contribution in [0.1, 0.15) is 35.7 Å². The van der Waals surface area contributed by atoms with E-state index in [9.17, 15) is 4.79 Å². The molecule has 0 aliphatic carbocycles. The Kier molecular flexibility index (Phi) is 6.32. The van der Waals surface area contributed by atoms with Gasteiger partial charge in [-0.05, 0) is 44.0 Å². The molecule has 4 nitrogen and oxygen atoms in total. The Balaban J connectivity index is 2.41. The summed E-state index contributed by atoms with van der Waals surface area (Å²) in [7, 11) is 0. The molecule has 0 amide bonds. The van der Waals surface area contributed by atoms with Gasteiger partial charge in [-0.15, -0.1) is 0 Å². The molecule has 0 aliphatic heterocycles. The number of aliphatic hydroxyl groups is 1. The minimum atomic E-state index is -0.924. The first kappa shape index (κ1) is 15.1. The van der Waals surface area contributed by atoms with Crippen LogP contribution in [0, 0.1) is 0 Å². The molecular formula is C13H18BrNO3. The lowest BCUT2D eigenvalue weighted by atomic mass is 10.1. The van der Waals surface area contributed by atoms with Crippen molar-refractivity contribution in [1.29, 1.82) is 0 Å². The molecule has 0 saturated heterocycles. The second kappa shape index (κ2) is 7.51. The Bertz CT molecular complexity index is 407. The number of carboxylic acids is 1. The zero-order chi connectivity index (χ0) is 13.5. The fourth-order valence-electron chi connectivity index (χ4n) is 1.57. The second-order valence-corrected chi connectivity index (χ2v) is 5.13. The first-order valence-electron chi connectivity index (χ1n) is 5.91. The first-order valence-corrected chi connectivity index (χ1v) is 6.70. The van der Waals surface area contributed by atoms with E-state index in [0.29, 0.717) is 6.54 Å². The Hall–Kier alpha value is -0.910. The highest BCUT2D eigenvalue weighted by molar-refractivity contribution is 9.10. The number of hydrogen-bond donors (Lipinski definition) is 3. The van der Waals surface area contributed by atoms with Crippen molar-refractivity contribution < 1.29 is 15.0 Å². The molecule has 1 unspecified atom stereocenters. The Morgan fingerprint density at radius 3 is 2.78 bits per heavy atom. The number of aliphatic hydroxyl groups excluding tert-OH is 1. The van der Waals surface area contributed by atoms with Crippen LogP contribution in [0.4, 0.5) is 0 Å². The number of benzene rings is 1. The summed E-state index contributed by atoms with van der Waals surface area (Å²) >= 11 is 3.36. The summed E-state index contributed by atoms with van der Waals surface area (Å²) in [6.45, 7) is 3.29. The van der Waals surface area contributed by atoms with E-state index in [-0.39, 0.29) is 11.7 Å². The van der Waals surface area contributed by atoms with E-state index >= 15 is 0 Å². The molecule has 0 saturated carbocycles. The van der Waals surface area contributed by atoms with Gasteiger partial charge in [0.2, 0.25) is 0 Å². The van der Waals surface area contributed by atoms with E-state index in [1.165, 1.54) is 0 Å². The number of halogens is 1. The van der Waals surface area contributed by atoms with Crippen LogP contribution < -0.4 is 5.32 Å². The molecule has 0 aliphatic rings. The van der Waals surface area contributed by atoms with Crippen LogP contribution in [0.15, 0.2) is 22.7 Å². The standard InChI is InChI=1S/C13H18BrNO3/c1-9(16)3-2-6-15-8-11-5-4-10(13(17)18)7-12(11)14/h4-5,7,9,15-16H,2-3,6,8H2,1H3,(H,17,18). The van der Waals surface area contributed by atoms with Crippen LogP contribution >= 0.6 is 15.9 Å². The summed E-state index contributed by atoms with van der Waals surface area (Å²) in [5.41, 5.74) is 1.30. The molecule has 0 radical (unpaired) electrons. The van der Waals surface area contributed by atoms with Crippen molar-refractivity contribution in [3.05, 3.63) is 33.8 Å². The normalized spacial score (nSPS) is 12.4. The van der Waals surface area contributed by atoms with Gasteiger partial charge in [0.25, 0.3) is 0 Å². The van der Waals surface area contributed by atoms with Crippen LogP contribution in [-0.2, 0) is 6.54 Å². The molecule has 3 N–H and O–H groups in total. The highest BCUT2D eigenvalue weighted by Gasteiger charge is 2.06. The van der Waals surface area contributed by atoms with Crippen LogP contribution in [0.3, 0.4) is 0 Å². The minimum absolute atomic E-state index is 0.256. The molecule has 1 aromatic carbocycles. The fraction of sp³-hybridized carbons (Fsp3) is 0.462. The topological polar surface area (TPSA) is 69.6 Å². The quantitative estimate of drug-likeness (QED) is 0.676. The minimum Gasteiger partial charge on any atom is -0.478 e. The number of carboxylic acid groups (broad SMARTS) is 1. The molecule has 1 rings (SSSR count). The van der Waals surface area contributed by atoms with Crippen molar-refractivity contribution in [3.8, 4) is 0 Å². The molecule has 5 heteroatoms. The summed E-state index contributed by atoms with van der Waals surface area (Å²) in [5.74, 6) is -0.924. The van der Waals surface area contributed by atoms with Crippen molar-refractivity contribution >= 4 is 21.9 Å². The molecular weight excluding hydrogens is 298 g/mol. The number of hydrogen-bond acceptors (Lipinski definition) is 3. The third kappa shape index (κ3) is 5.16. The average molecular weight is 316 g/mol. The smallest absolute Gasteiger partial charge is 0.335 e. The van der Waals surface area contributed by atoms with Crippen LogP contribution in [0.2, 0.25) is 0 Å². The van der Waals surface area contributed by atoms with Gasteiger partial charge in [-0.1, -0.05) is 22.0 Å². The van der Waals surface area contributed by atoms with E-state index in [4.69, 9.17) is 10.2 Å². The van der Waals surface area contributed by atoms with Crippen molar-refractivity contribution in [3.63, 3.8) is 0 Å². The fourth-order valence-corrected chi connectivity index (χ4v) is 2.09. The first-order chi connectivity index (χ1) is 8.50. The second-order valence-electron chi connectivity index (χ2n) is 4.28. The number of rotatable bonds is 7. The van der Waals surface area contributed by atoms with Gasteiger partial charge in [0, 0.05) is 11.0 Å². The Labute approximate surface area is 115 Å². The summed E-state index contributed by atoms with van der Waals surface area (Å²) in [6.07, 6.45) is 1.45. The monoisotopic (exact) mass is 315 g/mol. The predicted octanol–water partition coefficient (Wildman–Crippen LogP) is 2.40. The third-order valence-corrected chi connectivity index (χ3v) is 3.33. The van der Waals surface area contributed by atoms with Gasteiger partial charge in [-0.3, -0.25) is 0 Å². The average Bonchev–Trinajstić information content (AvgIpc) is 2.29. The van der Waals surface area contributed by atoms with Crippen LogP contribution in [-0.4, -0.2) is 28.8 Å². The highest BCUT2D eigenvalue weighted by Crippen LogP contribution is 2.18. The maximum atomic E-state index is 10.8. The number of nitrogens with one attached hydrogen (secondary N) is 1. The number of aromatic carboxylic acids is 1. The zero-order valence-electron chi connectivity index (χ0n) is 10.3. The van der Waals surface area contributed by atoms with Crippen molar-refractivity contribution in [2.75, 3.05) is 6.54 Å². The molecule has 0 heterocycles. The van der Waals surface area contributed by atoms with Crippen molar-refractivity contribution in [1.82, 2.24) is 5.32 Å². The van der Waals surface area contributed by atoms with Crippen molar-refractivity contribution in [2.24, 2.45) is 0 Å². The molecule has 1 aromatic rings. The lowest BCUT2D eigenvalue weighted by Gasteiger charge is -2.08. The van der Waals surface area contributed by atoms with Gasteiger partial charge in [-0.25, -0.2) is 4.79 Å². The van der Waals surface area contributed by atoms with Gasteiger partial charge >= 0.3 is 5.97 Å². The van der Waals surface area contributed by atoms with Crippen LogP contribution in [0.5, 0.6) is 0 Å². The summed E-state index contributed by atoms with van der Waals surface area (Å²) in [6, 6.07) is 5.00. The Morgan fingerprint density at radius 2 is 2.22 bits per heavy atom. The molecule has 0 spiro atoms. The molecule has 0 aromatic heterocycles. The van der Waals surface area contributed by atoms with Crippen LogP contribution in [0.25, 0.3) is 0 Å². The predicted molar refractivity (Wildman–Crippen MR) is 73.7 cm³/mol. The van der Waals surface area contributed by atoms with E-state index in [0.717, 1.165) is 29.4 Å². The summed E-state index contributed by atoms with van der Waals surface area (Å²) < 4.78 is 0.797. The van der Waals surface area contributed by atoms with E-state index in [1.54, 1.807) is 25.1 Å². The van der Waals surface area contributed by atoms with E-state index in [2.05, 4.69) is 21.2 Å². The van der Waals surface area contributed by atoms with Gasteiger partial charge < -0.3 is 15.5 Å². The lowest BCUT2D eigenvalue weighted by molar-refractivity contribution is 0.0697. The largest absolute Gasteiger partial charge is 0.478 e. The van der Waals surface area contributed by atoms with E-state index in [1.807, 2.05) is 0 Å². The molecule has 100 valence electrons. The van der Waals surface area contributed by atoms with Gasteiger partial charge in [-0.2, -0.15) is 0 Å². The molecule has 1 atom stereocenters. The molecule has 0 fully saturated rings. The SMILES string of the molecule is CC(O)CCCNCc1ccc(C(=O)O)cc1Br. The molecule has 0 bridgehead atoms. The van der Waals surface area contributed by atoms with Crippen molar-refractivity contribution in [2.45, 2.75) is 32.4 Å². The van der Waals surface area contributed by atoms with Gasteiger partial charge in [0.05, 0.1) is 11.7 Å².